The fourth-order valence-corrected chi connectivity index (χ4v) is 2.53. The van der Waals surface area contributed by atoms with E-state index in [1.165, 1.54) is 12.1 Å². The molecule has 1 aliphatic rings. The van der Waals surface area contributed by atoms with Gasteiger partial charge < -0.3 is 19.7 Å². The number of nitrogens with zero attached hydrogens (tertiary/aromatic N) is 1. The Morgan fingerprint density at radius 2 is 2.09 bits per heavy atom. The lowest BCUT2D eigenvalue weighted by atomic mass is 10.0. The molecule has 0 aliphatic carbocycles. The molecule has 1 saturated heterocycles. The van der Waals surface area contributed by atoms with Gasteiger partial charge >= 0.3 is 5.97 Å². The Balaban J connectivity index is 1.97. The lowest BCUT2D eigenvalue weighted by molar-refractivity contribution is -0.122. The smallest absolute Gasteiger partial charge is 0.371 e. The molecule has 2 rings (SSSR count). The van der Waals surface area contributed by atoms with Crippen LogP contribution in [0.4, 0.5) is 0 Å². The number of piperidine rings is 1. The van der Waals surface area contributed by atoms with Crippen LogP contribution in [0.1, 0.15) is 53.7 Å². The van der Waals surface area contributed by atoms with E-state index in [-0.39, 0.29) is 29.4 Å². The number of aromatic carboxylic acids is 1. The first kappa shape index (κ1) is 16.1. The Morgan fingerprint density at radius 1 is 1.36 bits per heavy atom. The summed E-state index contributed by atoms with van der Waals surface area (Å²) in [7, 11) is 0. The van der Waals surface area contributed by atoms with E-state index in [9.17, 15) is 14.4 Å². The summed E-state index contributed by atoms with van der Waals surface area (Å²) in [6, 6.07) is 2.57. The molecular weight excluding hydrogens is 288 g/mol. The Kier molecular flexibility index (Phi) is 5.19. The molecule has 0 radical (unpaired) electrons. The van der Waals surface area contributed by atoms with Crippen LogP contribution in [0.3, 0.4) is 0 Å². The van der Waals surface area contributed by atoms with Crippen molar-refractivity contribution >= 4 is 17.8 Å². The topological polar surface area (TPSA) is 99.9 Å². The second kappa shape index (κ2) is 7.11. The normalized spacial score (nSPS) is 18.0. The fourth-order valence-electron chi connectivity index (χ4n) is 2.53. The number of nitrogens with one attached hydrogen (secondary N) is 1. The summed E-state index contributed by atoms with van der Waals surface area (Å²) in [5.74, 6) is -1.80. The quantitative estimate of drug-likeness (QED) is 0.858. The largest absolute Gasteiger partial charge is 0.475 e. The number of carbonyl (C=O) groups is 3. The number of furan rings is 1. The standard InChI is InChI=1S/C15H20N2O5/c1-2-4-13(18)16-10-5-3-8-17(9-10)14(19)11-6-7-12(22-11)15(20)21/h6-7,10H,2-5,8-9H2,1H3,(H,16,18)(H,20,21). The van der Waals surface area contributed by atoms with Gasteiger partial charge in [0.15, 0.2) is 5.76 Å². The molecule has 22 heavy (non-hydrogen) atoms. The number of rotatable bonds is 5. The summed E-state index contributed by atoms with van der Waals surface area (Å²) >= 11 is 0. The van der Waals surface area contributed by atoms with Crippen LogP contribution in [0.25, 0.3) is 0 Å². The molecule has 2 amide bonds. The maximum atomic E-state index is 12.3. The van der Waals surface area contributed by atoms with Crippen molar-refractivity contribution in [3.63, 3.8) is 0 Å². The molecule has 0 aromatic carbocycles. The Morgan fingerprint density at radius 3 is 2.73 bits per heavy atom. The van der Waals surface area contributed by atoms with Crippen LogP contribution >= 0.6 is 0 Å². The second-order valence-electron chi connectivity index (χ2n) is 5.38. The van der Waals surface area contributed by atoms with E-state index in [1.807, 2.05) is 6.92 Å². The molecule has 1 unspecified atom stereocenters. The van der Waals surface area contributed by atoms with Crippen molar-refractivity contribution in [3.8, 4) is 0 Å². The van der Waals surface area contributed by atoms with Crippen molar-refractivity contribution in [2.24, 2.45) is 0 Å². The second-order valence-corrected chi connectivity index (χ2v) is 5.38. The van der Waals surface area contributed by atoms with Gasteiger partial charge in [-0.2, -0.15) is 0 Å². The van der Waals surface area contributed by atoms with Crippen molar-refractivity contribution < 1.29 is 23.9 Å². The van der Waals surface area contributed by atoms with Crippen LogP contribution in [0.5, 0.6) is 0 Å². The molecule has 7 nitrogen and oxygen atoms in total. The van der Waals surface area contributed by atoms with E-state index in [4.69, 9.17) is 9.52 Å². The Labute approximate surface area is 128 Å². The summed E-state index contributed by atoms with van der Waals surface area (Å²) < 4.78 is 5.04. The van der Waals surface area contributed by atoms with Crippen molar-refractivity contribution in [1.82, 2.24) is 10.2 Å². The summed E-state index contributed by atoms with van der Waals surface area (Å²) in [5, 5.41) is 11.7. The minimum atomic E-state index is -1.21. The van der Waals surface area contributed by atoms with Gasteiger partial charge in [0, 0.05) is 25.6 Å². The van der Waals surface area contributed by atoms with Gasteiger partial charge in [0.25, 0.3) is 5.91 Å². The van der Waals surface area contributed by atoms with Crippen molar-refractivity contribution in [3.05, 3.63) is 23.7 Å². The summed E-state index contributed by atoms with van der Waals surface area (Å²) in [4.78, 5) is 36.3. The Hall–Kier alpha value is -2.31. The molecule has 0 spiro atoms. The van der Waals surface area contributed by atoms with Crippen molar-refractivity contribution in [2.45, 2.75) is 38.6 Å². The molecule has 1 aromatic rings. The monoisotopic (exact) mass is 308 g/mol. The number of carboxylic acid groups (broad SMARTS) is 1. The number of amides is 2. The molecular formula is C15H20N2O5. The number of hydrogen-bond donors (Lipinski definition) is 2. The van der Waals surface area contributed by atoms with E-state index in [2.05, 4.69) is 5.32 Å². The minimum absolute atomic E-state index is 0.00652. The van der Waals surface area contributed by atoms with E-state index in [0.717, 1.165) is 19.3 Å². The van der Waals surface area contributed by atoms with Gasteiger partial charge in [0.1, 0.15) is 0 Å². The maximum absolute atomic E-state index is 12.3. The first-order valence-corrected chi connectivity index (χ1v) is 7.43. The van der Waals surface area contributed by atoms with Crippen LogP contribution in [-0.4, -0.2) is 46.9 Å². The van der Waals surface area contributed by atoms with Gasteiger partial charge in [0.05, 0.1) is 0 Å². The molecule has 1 atom stereocenters. The molecule has 120 valence electrons. The lowest BCUT2D eigenvalue weighted by Gasteiger charge is -2.32. The van der Waals surface area contributed by atoms with Gasteiger partial charge in [-0.25, -0.2) is 4.79 Å². The van der Waals surface area contributed by atoms with Gasteiger partial charge in [-0.3, -0.25) is 9.59 Å². The predicted molar refractivity (Wildman–Crippen MR) is 77.6 cm³/mol. The van der Waals surface area contributed by atoms with Crippen molar-refractivity contribution in [2.75, 3.05) is 13.1 Å². The lowest BCUT2D eigenvalue weighted by Crippen LogP contribution is -2.49. The zero-order valence-corrected chi connectivity index (χ0v) is 12.5. The molecule has 2 N–H and O–H groups in total. The highest BCUT2D eigenvalue weighted by Gasteiger charge is 2.27. The van der Waals surface area contributed by atoms with E-state index >= 15 is 0 Å². The molecule has 1 aromatic heterocycles. The van der Waals surface area contributed by atoms with Gasteiger partial charge in [-0.1, -0.05) is 6.92 Å². The number of hydrogen-bond acceptors (Lipinski definition) is 4. The highest BCUT2D eigenvalue weighted by Crippen LogP contribution is 2.16. The molecule has 2 heterocycles. The first-order valence-electron chi connectivity index (χ1n) is 7.43. The molecule has 0 bridgehead atoms. The molecule has 1 aliphatic heterocycles. The van der Waals surface area contributed by atoms with Gasteiger partial charge in [0.2, 0.25) is 11.7 Å². The zero-order chi connectivity index (χ0) is 16.1. The van der Waals surface area contributed by atoms with Gasteiger partial charge in [-0.15, -0.1) is 0 Å². The fraction of sp³-hybridized carbons (Fsp3) is 0.533. The number of likely N-dealkylation sites (tertiary alicyclic amines) is 1. The molecule has 1 fully saturated rings. The predicted octanol–water partition coefficient (Wildman–Crippen LogP) is 1.50. The minimum Gasteiger partial charge on any atom is -0.475 e. The average molecular weight is 308 g/mol. The SMILES string of the molecule is CCCC(=O)NC1CCCN(C(=O)c2ccc(C(=O)O)o2)C1. The highest BCUT2D eigenvalue weighted by atomic mass is 16.4. The molecule has 7 heteroatoms. The average Bonchev–Trinajstić information content (AvgIpc) is 2.97. The van der Waals surface area contributed by atoms with Crippen LogP contribution in [0, 0.1) is 0 Å². The summed E-state index contributed by atoms with van der Waals surface area (Å²) in [6.07, 6.45) is 2.88. The third kappa shape index (κ3) is 3.87. The van der Waals surface area contributed by atoms with E-state index in [0.29, 0.717) is 19.5 Å². The van der Waals surface area contributed by atoms with Crippen LogP contribution in [-0.2, 0) is 4.79 Å². The highest BCUT2D eigenvalue weighted by molar-refractivity contribution is 5.93. The third-order valence-corrected chi connectivity index (χ3v) is 3.58. The van der Waals surface area contributed by atoms with E-state index in [1.54, 1.807) is 4.90 Å². The van der Waals surface area contributed by atoms with Crippen LogP contribution in [0.2, 0.25) is 0 Å². The summed E-state index contributed by atoms with van der Waals surface area (Å²) in [6.45, 7) is 2.92. The van der Waals surface area contributed by atoms with Crippen LogP contribution < -0.4 is 5.32 Å². The van der Waals surface area contributed by atoms with Crippen LogP contribution in [0.15, 0.2) is 16.5 Å². The maximum Gasteiger partial charge on any atom is 0.371 e. The molecule has 0 saturated carbocycles. The Bertz CT molecular complexity index is 566. The zero-order valence-electron chi connectivity index (χ0n) is 12.5. The third-order valence-electron chi connectivity index (χ3n) is 3.58. The first-order chi connectivity index (χ1) is 10.5. The summed E-state index contributed by atoms with van der Waals surface area (Å²) in [5.41, 5.74) is 0. The van der Waals surface area contributed by atoms with Crippen molar-refractivity contribution in [1.29, 1.82) is 0 Å². The van der Waals surface area contributed by atoms with Gasteiger partial charge in [-0.05, 0) is 31.4 Å². The number of carboxylic acids is 1. The van der Waals surface area contributed by atoms with E-state index < -0.39 is 5.97 Å². The number of carbonyl (C=O) groups excluding carboxylic acids is 2.